The van der Waals surface area contributed by atoms with Crippen molar-refractivity contribution in [3.05, 3.63) is 36.2 Å². The van der Waals surface area contributed by atoms with E-state index >= 15 is 0 Å². The summed E-state index contributed by atoms with van der Waals surface area (Å²) < 4.78 is 2.25. The molecule has 28 heavy (non-hydrogen) atoms. The Morgan fingerprint density at radius 2 is 1.75 bits per heavy atom. The second kappa shape index (κ2) is 9.64. The Bertz CT molecular complexity index is 883. The van der Waals surface area contributed by atoms with Crippen molar-refractivity contribution in [1.82, 2.24) is 24.4 Å². The van der Waals surface area contributed by atoms with Gasteiger partial charge in [-0.1, -0.05) is 57.5 Å². The van der Waals surface area contributed by atoms with Gasteiger partial charge in [0.05, 0.1) is 0 Å². The van der Waals surface area contributed by atoms with Crippen molar-refractivity contribution in [3.63, 3.8) is 0 Å². The van der Waals surface area contributed by atoms with Crippen molar-refractivity contribution < 1.29 is 0 Å². The maximum atomic E-state index is 4.99. The Hall–Kier alpha value is -2.47. The monoisotopic (exact) mass is 380 g/mol. The molecule has 2 heterocycles. The number of aryl methyl sites for hydroxylation is 1. The summed E-state index contributed by atoms with van der Waals surface area (Å²) >= 11 is 0. The number of rotatable bonds is 10. The lowest BCUT2D eigenvalue weighted by atomic mass is 10.2. The molecule has 6 heteroatoms. The van der Waals surface area contributed by atoms with Crippen LogP contribution in [0.1, 0.15) is 39.4 Å². The number of anilines is 1. The summed E-state index contributed by atoms with van der Waals surface area (Å²) in [5.41, 5.74) is 2.88. The SMILES string of the molecule is CCCCNc1nc(C)nc2c1nc(-c1ccccc1)n2CCN(CC)CC. The zero-order valence-corrected chi connectivity index (χ0v) is 17.6. The quantitative estimate of drug-likeness (QED) is 0.530. The molecule has 0 radical (unpaired) electrons. The number of nitrogens with one attached hydrogen (secondary N) is 1. The summed E-state index contributed by atoms with van der Waals surface area (Å²) in [6, 6.07) is 10.4. The van der Waals surface area contributed by atoms with Gasteiger partial charge in [-0.3, -0.25) is 0 Å². The van der Waals surface area contributed by atoms with Gasteiger partial charge < -0.3 is 14.8 Å². The van der Waals surface area contributed by atoms with Crippen LogP contribution in [0.4, 0.5) is 5.82 Å². The molecule has 1 N–H and O–H groups in total. The minimum atomic E-state index is 0.773. The van der Waals surface area contributed by atoms with Crippen LogP contribution in [0.5, 0.6) is 0 Å². The average molecular weight is 381 g/mol. The fraction of sp³-hybridized carbons (Fsp3) is 0.500. The molecule has 0 atom stereocenters. The van der Waals surface area contributed by atoms with Crippen molar-refractivity contribution >= 4 is 17.0 Å². The van der Waals surface area contributed by atoms with E-state index in [0.717, 1.165) is 79.8 Å². The first kappa shape index (κ1) is 20.3. The van der Waals surface area contributed by atoms with Crippen LogP contribution >= 0.6 is 0 Å². The van der Waals surface area contributed by atoms with Gasteiger partial charge in [-0.2, -0.15) is 0 Å². The van der Waals surface area contributed by atoms with Crippen LogP contribution in [0.3, 0.4) is 0 Å². The van der Waals surface area contributed by atoms with Crippen LogP contribution in [-0.4, -0.2) is 50.6 Å². The number of unbranched alkanes of at least 4 members (excludes halogenated alkanes) is 1. The van der Waals surface area contributed by atoms with Gasteiger partial charge in [0.1, 0.15) is 11.6 Å². The number of fused-ring (bicyclic) bond motifs is 1. The van der Waals surface area contributed by atoms with Gasteiger partial charge in [0, 0.05) is 25.2 Å². The Kier molecular flexibility index (Phi) is 6.98. The highest BCUT2D eigenvalue weighted by Crippen LogP contribution is 2.27. The normalized spacial score (nSPS) is 11.5. The smallest absolute Gasteiger partial charge is 0.166 e. The maximum Gasteiger partial charge on any atom is 0.166 e. The van der Waals surface area contributed by atoms with E-state index in [-0.39, 0.29) is 0 Å². The van der Waals surface area contributed by atoms with Crippen molar-refractivity contribution in [2.75, 3.05) is 31.5 Å². The van der Waals surface area contributed by atoms with E-state index in [1.54, 1.807) is 0 Å². The molecule has 3 rings (SSSR count). The van der Waals surface area contributed by atoms with E-state index in [2.05, 4.69) is 64.8 Å². The maximum absolute atomic E-state index is 4.99. The Morgan fingerprint density at radius 1 is 1.00 bits per heavy atom. The topological polar surface area (TPSA) is 58.9 Å². The zero-order chi connectivity index (χ0) is 19.9. The van der Waals surface area contributed by atoms with E-state index in [1.807, 2.05) is 13.0 Å². The first-order valence-corrected chi connectivity index (χ1v) is 10.4. The van der Waals surface area contributed by atoms with Gasteiger partial charge in [0.25, 0.3) is 0 Å². The van der Waals surface area contributed by atoms with Gasteiger partial charge in [-0.05, 0) is 26.4 Å². The summed E-state index contributed by atoms with van der Waals surface area (Å²) in [5, 5.41) is 3.47. The summed E-state index contributed by atoms with van der Waals surface area (Å²) in [6.07, 6.45) is 2.26. The molecule has 1 aromatic carbocycles. The first-order valence-electron chi connectivity index (χ1n) is 10.4. The van der Waals surface area contributed by atoms with Gasteiger partial charge in [0.2, 0.25) is 0 Å². The predicted octanol–water partition coefficient (Wildman–Crippen LogP) is 4.36. The van der Waals surface area contributed by atoms with Gasteiger partial charge in [-0.25, -0.2) is 15.0 Å². The molecular formula is C22H32N6. The third kappa shape index (κ3) is 4.50. The van der Waals surface area contributed by atoms with E-state index in [4.69, 9.17) is 9.97 Å². The molecule has 6 nitrogen and oxygen atoms in total. The number of nitrogens with zero attached hydrogens (tertiary/aromatic N) is 5. The van der Waals surface area contributed by atoms with Crippen molar-refractivity contribution in [2.24, 2.45) is 0 Å². The van der Waals surface area contributed by atoms with E-state index < -0.39 is 0 Å². The van der Waals surface area contributed by atoms with E-state index in [1.165, 1.54) is 0 Å². The molecule has 0 aliphatic rings. The molecule has 0 fully saturated rings. The molecular weight excluding hydrogens is 348 g/mol. The van der Waals surface area contributed by atoms with Crippen molar-refractivity contribution in [3.8, 4) is 11.4 Å². The van der Waals surface area contributed by atoms with Gasteiger partial charge in [-0.15, -0.1) is 0 Å². The molecule has 0 unspecified atom stereocenters. The Balaban J connectivity index is 2.08. The number of hydrogen-bond donors (Lipinski definition) is 1. The highest BCUT2D eigenvalue weighted by molar-refractivity contribution is 5.86. The number of likely N-dealkylation sites (N-methyl/N-ethyl adjacent to an activating group) is 1. The summed E-state index contributed by atoms with van der Waals surface area (Å²) in [6.45, 7) is 13.4. The standard InChI is InChI=1S/C22H32N6/c1-5-8-14-23-20-19-22(25-17(4)24-20)28(16-15-27(6-2)7-3)21(26-19)18-12-10-9-11-13-18/h9-13H,5-8,14-16H2,1-4H3,(H,23,24,25). The molecule has 150 valence electrons. The minimum absolute atomic E-state index is 0.773. The highest BCUT2D eigenvalue weighted by atomic mass is 15.2. The largest absolute Gasteiger partial charge is 0.368 e. The summed E-state index contributed by atoms with van der Waals surface area (Å²) in [7, 11) is 0. The third-order valence-electron chi connectivity index (χ3n) is 5.10. The van der Waals surface area contributed by atoms with Crippen molar-refractivity contribution in [2.45, 2.75) is 47.1 Å². The zero-order valence-electron chi connectivity index (χ0n) is 17.6. The van der Waals surface area contributed by atoms with Crippen LogP contribution in [0.25, 0.3) is 22.6 Å². The second-order valence-electron chi connectivity index (χ2n) is 7.05. The molecule has 0 aliphatic carbocycles. The molecule has 0 amide bonds. The molecule has 0 saturated carbocycles. The Morgan fingerprint density at radius 3 is 2.43 bits per heavy atom. The number of benzene rings is 1. The highest BCUT2D eigenvalue weighted by Gasteiger charge is 2.18. The average Bonchev–Trinajstić information content (AvgIpc) is 3.08. The second-order valence-corrected chi connectivity index (χ2v) is 7.05. The lowest BCUT2D eigenvalue weighted by Gasteiger charge is -2.19. The van der Waals surface area contributed by atoms with Crippen molar-refractivity contribution in [1.29, 1.82) is 0 Å². The number of aromatic nitrogens is 4. The predicted molar refractivity (Wildman–Crippen MR) is 117 cm³/mol. The molecule has 3 aromatic rings. The number of imidazole rings is 1. The van der Waals surface area contributed by atoms with Crippen LogP contribution in [0.2, 0.25) is 0 Å². The minimum Gasteiger partial charge on any atom is -0.368 e. The number of hydrogen-bond acceptors (Lipinski definition) is 5. The van der Waals surface area contributed by atoms with Crippen LogP contribution < -0.4 is 5.32 Å². The lowest BCUT2D eigenvalue weighted by Crippen LogP contribution is -2.27. The first-order chi connectivity index (χ1) is 13.7. The van der Waals surface area contributed by atoms with Gasteiger partial charge >= 0.3 is 0 Å². The molecule has 0 bridgehead atoms. The fourth-order valence-electron chi connectivity index (χ4n) is 3.42. The summed E-state index contributed by atoms with van der Waals surface area (Å²) in [5.74, 6) is 2.58. The Labute approximate surface area is 168 Å². The molecule has 2 aromatic heterocycles. The van der Waals surface area contributed by atoms with Crippen LogP contribution in [0, 0.1) is 6.92 Å². The van der Waals surface area contributed by atoms with E-state index in [9.17, 15) is 0 Å². The third-order valence-corrected chi connectivity index (χ3v) is 5.10. The molecule has 0 spiro atoms. The van der Waals surface area contributed by atoms with E-state index in [0.29, 0.717) is 0 Å². The van der Waals surface area contributed by atoms with Gasteiger partial charge in [0.15, 0.2) is 17.0 Å². The summed E-state index contributed by atoms with van der Waals surface area (Å²) in [4.78, 5) is 16.8. The lowest BCUT2D eigenvalue weighted by molar-refractivity contribution is 0.292. The van der Waals surface area contributed by atoms with Crippen LogP contribution in [-0.2, 0) is 6.54 Å². The van der Waals surface area contributed by atoms with Crippen LogP contribution in [0.15, 0.2) is 30.3 Å². The molecule has 0 aliphatic heterocycles. The fourth-order valence-corrected chi connectivity index (χ4v) is 3.42. The molecule has 0 saturated heterocycles.